The van der Waals surface area contributed by atoms with E-state index in [0.717, 1.165) is 16.0 Å². The highest BCUT2D eigenvalue weighted by molar-refractivity contribution is 7.22. The summed E-state index contributed by atoms with van der Waals surface area (Å²) in [7, 11) is 0. The lowest BCUT2D eigenvalue weighted by atomic mass is 9.98. The zero-order valence-corrected chi connectivity index (χ0v) is 15.2. The Labute approximate surface area is 154 Å². The molecular weight excluding hydrogens is 352 g/mol. The Morgan fingerprint density at radius 3 is 2.96 bits per heavy atom. The van der Waals surface area contributed by atoms with Crippen LogP contribution < -0.4 is 9.64 Å². The van der Waals surface area contributed by atoms with Crippen molar-refractivity contribution in [1.82, 2.24) is 9.88 Å². The summed E-state index contributed by atoms with van der Waals surface area (Å²) in [4.78, 5) is 32.8. The SMILES string of the molecule is CCOc1ccc2nc(N3CC(C(=O)N4CC(C#N)C4)CC3=O)sc2c1. The number of carbonyl (C=O) groups excluding carboxylic acids is 2. The number of benzene rings is 1. The first-order valence-corrected chi connectivity index (χ1v) is 9.43. The number of ether oxygens (including phenoxy) is 1. The molecule has 2 amide bonds. The zero-order valence-electron chi connectivity index (χ0n) is 14.3. The van der Waals surface area contributed by atoms with Crippen molar-refractivity contribution in [3.05, 3.63) is 18.2 Å². The summed E-state index contributed by atoms with van der Waals surface area (Å²) >= 11 is 1.43. The van der Waals surface area contributed by atoms with E-state index in [2.05, 4.69) is 11.1 Å². The van der Waals surface area contributed by atoms with E-state index in [-0.39, 0.29) is 30.1 Å². The predicted octanol–water partition coefficient (Wildman–Crippen LogP) is 2.03. The average molecular weight is 370 g/mol. The van der Waals surface area contributed by atoms with Crippen LogP contribution in [0.25, 0.3) is 10.2 Å². The first kappa shape index (κ1) is 16.8. The molecule has 0 spiro atoms. The molecule has 0 radical (unpaired) electrons. The first-order chi connectivity index (χ1) is 12.6. The number of fused-ring (bicyclic) bond motifs is 1. The van der Waals surface area contributed by atoms with Crippen molar-refractivity contribution in [2.75, 3.05) is 31.1 Å². The molecule has 2 saturated heterocycles. The number of rotatable bonds is 4. The van der Waals surface area contributed by atoms with Crippen molar-refractivity contribution in [1.29, 1.82) is 5.26 Å². The van der Waals surface area contributed by atoms with Gasteiger partial charge in [0, 0.05) is 26.1 Å². The number of nitriles is 1. The van der Waals surface area contributed by atoms with Gasteiger partial charge in [-0.1, -0.05) is 11.3 Å². The third-order valence-corrected chi connectivity index (χ3v) is 5.78. The Bertz CT molecular complexity index is 913. The van der Waals surface area contributed by atoms with E-state index in [1.165, 1.54) is 11.3 Å². The van der Waals surface area contributed by atoms with Crippen LogP contribution in [-0.4, -0.2) is 47.9 Å². The molecule has 26 heavy (non-hydrogen) atoms. The molecule has 1 aromatic carbocycles. The number of hydrogen-bond donors (Lipinski definition) is 0. The lowest BCUT2D eigenvalue weighted by Gasteiger charge is -2.36. The Morgan fingerprint density at radius 1 is 1.42 bits per heavy atom. The van der Waals surface area contributed by atoms with Crippen LogP contribution in [-0.2, 0) is 9.59 Å². The number of amides is 2. The topological polar surface area (TPSA) is 86.5 Å². The van der Waals surface area contributed by atoms with E-state index in [0.29, 0.717) is 31.4 Å². The molecule has 7 nitrogen and oxygen atoms in total. The van der Waals surface area contributed by atoms with E-state index in [4.69, 9.17) is 10.00 Å². The van der Waals surface area contributed by atoms with Gasteiger partial charge in [-0.05, 0) is 25.1 Å². The van der Waals surface area contributed by atoms with Crippen LogP contribution in [0.15, 0.2) is 18.2 Å². The minimum Gasteiger partial charge on any atom is -0.494 e. The van der Waals surface area contributed by atoms with E-state index >= 15 is 0 Å². The second kappa shape index (κ2) is 6.57. The summed E-state index contributed by atoms with van der Waals surface area (Å²) < 4.78 is 6.46. The highest BCUT2D eigenvalue weighted by Crippen LogP contribution is 2.35. The fraction of sp³-hybridized carbons (Fsp3) is 0.444. The van der Waals surface area contributed by atoms with Gasteiger partial charge in [-0.2, -0.15) is 5.26 Å². The number of aromatic nitrogens is 1. The maximum Gasteiger partial charge on any atom is 0.229 e. The molecule has 0 saturated carbocycles. The summed E-state index contributed by atoms with van der Waals surface area (Å²) in [6.45, 7) is 3.82. The monoisotopic (exact) mass is 370 g/mol. The third-order valence-electron chi connectivity index (χ3n) is 4.74. The highest BCUT2D eigenvalue weighted by Gasteiger charge is 2.41. The summed E-state index contributed by atoms with van der Waals surface area (Å²) in [6, 6.07) is 7.83. The van der Waals surface area contributed by atoms with E-state index < -0.39 is 0 Å². The van der Waals surface area contributed by atoms with Gasteiger partial charge in [-0.15, -0.1) is 0 Å². The standard InChI is InChI=1S/C18H18N4O3S/c1-2-25-13-3-4-14-15(6-13)26-18(20-14)22-10-12(5-16(22)23)17(24)21-8-11(7-19)9-21/h3-4,6,11-12H,2,5,8-10H2,1H3. The lowest BCUT2D eigenvalue weighted by Crippen LogP contribution is -2.51. The number of anilines is 1. The van der Waals surface area contributed by atoms with Crippen LogP contribution in [0.1, 0.15) is 13.3 Å². The molecule has 0 aliphatic carbocycles. The molecule has 1 unspecified atom stereocenters. The Balaban J connectivity index is 1.49. The van der Waals surface area contributed by atoms with Crippen molar-refractivity contribution in [3.63, 3.8) is 0 Å². The zero-order chi connectivity index (χ0) is 18.3. The van der Waals surface area contributed by atoms with Crippen LogP contribution in [0, 0.1) is 23.2 Å². The molecule has 134 valence electrons. The van der Waals surface area contributed by atoms with Crippen LogP contribution in [0.4, 0.5) is 5.13 Å². The van der Waals surface area contributed by atoms with Gasteiger partial charge in [-0.3, -0.25) is 14.5 Å². The van der Waals surface area contributed by atoms with Crippen LogP contribution >= 0.6 is 11.3 Å². The fourth-order valence-corrected chi connectivity index (χ4v) is 4.34. The van der Waals surface area contributed by atoms with Gasteiger partial charge in [0.2, 0.25) is 11.8 Å². The summed E-state index contributed by atoms with van der Waals surface area (Å²) in [5, 5.41) is 9.46. The minimum atomic E-state index is -0.354. The number of hydrogen-bond acceptors (Lipinski definition) is 6. The largest absolute Gasteiger partial charge is 0.494 e. The quantitative estimate of drug-likeness (QED) is 0.822. The summed E-state index contributed by atoms with van der Waals surface area (Å²) in [5.74, 6) is 0.238. The molecule has 2 fully saturated rings. The normalized spacial score (nSPS) is 20.3. The second-order valence-corrected chi connectivity index (χ2v) is 7.54. The summed E-state index contributed by atoms with van der Waals surface area (Å²) in [5.41, 5.74) is 0.815. The molecule has 1 atom stereocenters. The van der Waals surface area contributed by atoms with Gasteiger partial charge in [0.25, 0.3) is 0 Å². The Hall–Kier alpha value is -2.66. The van der Waals surface area contributed by atoms with Gasteiger partial charge in [0.1, 0.15) is 5.75 Å². The third kappa shape index (κ3) is 2.88. The molecule has 2 aromatic rings. The lowest BCUT2D eigenvalue weighted by molar-refractivity contribution is -0.140. The number of nitrogens with zero attached hydrogens (tertiary/aromatic N) is 4. The maximum atomic E-state index is 12.5. The molecule has 0 N–H and O–H groups in total. The van der Waals surface area contributed by atoms with Crippen LogP contribution in [0.5, 0.6) is 5.75 Å². The van der Waals surface area contributed by atoms with Crippen molar-refractivity contribution < 1.29 is 14.3 Å². The molecule has 4 rings (SSSR count). The molecular formula is C18H18N4O3S. The van der Waals surface area contributed by atoms with Crippen molar-refractivity contribution >= 4 is 38.5 Å². The molecule has 1 aromatic heterocycles. The number of carbonyl (C=O) groups is 2. The van der Waals surface area contributed by atoms with Gasteiger partial charge in [-0.25, -0.2) is 4.98 Å². The van der Waals surface area contributed by atoms with Crippen molar-refractivity contribution in [2.24, 2.45) is 11.8 Å². The molecule has 2 aliphatic rings. The first-order valence-electron chi connectivity index (χ1n) is 8.61. The minimum absolute atomic E-state index is 0.0351. The van der Waals surface area contributed by atoms with E-state index in [1.807, 2.05) is 25.1 Å². The Kier molecular flexibility index (Phi) is 4.24. The van der Waals surface area contributed by atoms with E-state index in [1.54, 1.807) is 9.80 Å². The van der Waals surface area contributed by atoms with Gasteiger partial charge >= 0.3 is 0 Å². The fourth-order valence-electron chi connectivity index (χ4n) is 3.32. The average Bonchev–Trinajstić information content (AvgIpc) is 3.16. The maximum absolute atomic E-state index is 12.5. The Morgan fingerprint density at radius 2 is 2.23 bits per heavy atom. The van der Waals surface area contributed by atoms with Crippen molar-refractivity contribution in [3.8, 4) is 11.8 Å². The van der Waals surface area contributed by atoms with E-state index in [9.17, 15) is 9.59 Å². The molecule has 0 bridgehead atoms. The molecule has 3 heterocycles. The molecule has 8 heteroatoms. The highest BCUT2D eigenvalue weighted by atomic mass is 32.1. The predicted molar refractivity (Wildman–Crippen MR) is 96.9 cm³/mol. The van der Waals surface area contributed by atoms with Crippen LogP contribution in [0.2, 0.25) is 0 Å². The molecule has 2 aliphatic heterocycles. The number of likely N-dealkylation sites (tertiary alicyclic amines) is 1. The summed E-state index contributed by atoms with van der Waals surface area (Å²) in [6.07, 6.45) is 0.201. The van der Waals surface area contributed by atoms with Gasteiger partial charge in [0.05, 0.1) is 34.7 Å². The van der Waals surface area contributed by atoms with Gasteiger partial charge in [0.15, 0.2) is 5.13 Å². The number of thiazole rings is 1. The van der Waals surface area contributed by atoms with Crippen molar-refractivity contribution in [2.45, 2.75) is 13.3 Å². The second-order valence-electron chi connectivity index (χ2n) is 6.53. The smallest absolute Gasteiger partial charge is 0.229 e. The van der Waals surface area contributed by atoms with Crippen LogP contribution in [0.3, 0.4) is 0 Å². The van der Waals surface area contributed by atoms with Gasteiger partial charge < -0.3 is 9.64 Å².